The van der Waals surface area contributed by atoms with E-state index in [0.29, 0.717) is 19.3 Å². The summed E-state index contributed by atoms with van der Waals surface area (Å²) in [5, 5.41) is 0. The van der Waals surface area contributed by atoms with Gasteiger partial charge in [-0.1, -0.05) is 256 Å². The van der Waals surface area contributed by atoms with Crippen LogP contribution in [-0.4, -0.2) is 37.2 Å². The standard InChI is InChI=1S/C57H104O6/c1-4-7-10-13-16-19-21-23-25-26-27-28-29-30-32-33-35-38-41-44-47-50-56(59)62-53-54(52-61-55(58)49-46-43-40-37-18-15-12-9-6-3)63-57(60)51-48-45-42-39-36-34-31-24-22-20-17-14-11-8-5-2/h8,11,17,20,24,31,54H,4-7,9-10,12-16,18-19,21-23,25-30,32-53H2,1-3H3/b11-8-,20-17-,31-24-. The molecule has 1 unspecified atom stereocenters. The van der Waals surface area contributed by atoms with Gasteiger partial charge in [0.05, 0.1) is 0 Å². The molecule has 0 spiro atoms. The van der Waals surface area contributed by atoms with E-state index in [0.717, 1.165) is 96.3 Å². The fourth-order valence-electron chi connectivity index (χ4n) is 8.05. The first-order chi connectivity index (χ1) is 31.0. The normalized spacial score (nSPS) is 12.2. The molecule has 0 aliphatic heterocycles. The lowest BCUT2D eigenvalue weighted by molar-refractivity contribution is -0.167. The van der Waals surface area contributed by atoms with Gasteiger partial charge in [-0.15, -0.1) is 0 Å². The molecule has 0 aliphatic carbocycles. The van der Waals surface area contributed by atoms with E-state index < -0.39 is 6.10 Å². The maximum atomic E-state index is 12.8. The van der Waals surface area contributed by atoms with Crippen LogP contribution in [0.5, 0.6) is 0 Å². The van der Waals surface area contributed by atoms with E-state index in [-0.39, 0.29) is 31.1 Å². The molecule has 0 aromatic heterocycles. The third-order valence-electron chi connectivity index (χ3n) is 12.2. The highest BCUT2D eigenvalue weighted by atomic mass is 16.6. The second-order valence-corrected chi connectivity index (χ2v) is 18.5. The van der Waals surface area contributed by atoms with Gasteiger partial charge in [0.25, 0.3) is 0 Å². The van der Waals surface area contributed by atoms with Gasteiger partial charge in [-0.2, -0.15) is 0 Å². The third kappa shape index (κ3) is 50.5. The van der Waals surface area contributed by atoms with Crippen LogP contribution in [0.1, 0.15) is 290 Å². The summed E-state index contributed by atoms with van der Waals surface area (Å²) in [6.45, 7) is 6.53. The number of esters is 3. The van der Waals surface area contributed by atoms with E-state index in [4.69, 9.17) is 14.2 Å². The molecule has 6 nitrogen and oxygen atoms in total. The fourth-order valence-corrected chi connectivity index (χ4v) is 8.05. The summed E-state index contributed by atoms with van der Waals surface area (Å²) in [7, 11) is 0. The first kappa shape index (κ1) is 60.6. The van der Waals surface area contributed by atoms with Crippen LogP contribution in [0.25, 0.3) is 0 Å². The zero-order valence-corrected chi connectivity index (χ0v) is 42.1. The van der Waals surface area contributed by atoms with Crippen molar-refractivity contribution in [2.75, 3.05) is 13.2 Å². The molecule has 0 aliphatic rings. The minimum absolute atomic E-state index is 0.0750. The van der Waals surface area contributed by atoms with Gasteiger partial charge in [-0.25, -0.2) is 0 Å². The summed E-state index contributed by atoms with van der Waals surface area (Å²) in [6, 6.07) is 0. The Hall–Kier alpha value is -2.37. The van der Waals surface area contributed by atoms with Crippen LogP contribution in [0.3, 0.4) is 0 Å². The van der Waals surface area contributed by atoms with Gasteiger partial charge < -0.3 is 14.2 Å². The molecule has 0 bridgehead atoms. The van der Waals surface area contributed by atoms with Gasteiger partial charge in [0.15, 0.2) is 6.10 Å². The van der Waals surface area contributed by atoms with E-state index in [9.17, 15) is 14.4 Å². The Labute approximate surface area is 391 Å². The molecule has 1 atom stereocenters. The lowest BCUT2D eigenvalue weighted by Crippen LogP contribution is -2.30. The topological polar surface area (TPSA) is 78.9 Å². The molecular weight excluding hydrogens is 781 g/mol. The predicted octanol–water partition coefficient (Wildman–Crippen LogP) is 18.1. The van der Waals surface area contributed by atoms with Crippen molar-refractivity contribution in [1.82, 2.24) is 0 Å². The highest BCUT2D eigenvalue weighted by Gasteiger charge is 2.19. The molecule has 0 saturated carbocycles. The minimum Gasteiger partial charge on any atom is -0.462 e. The second kappa shape index (κ2) is 52.3. The van der Waals surface area contributed by atoms with E-state index in [1.165, 1.54) is 154 Å². The average molecular weight is 885 g/mol. The van der Waals surface area contributed by atoms with Gasteiger partial charge in [0, 0.05) is 19.3 Å². The lowest BCUT2D eigenvalue weighted by Gasteiger charge is -2.18. The number of rotatable bonds is 50. The number of hydrogen-bond donors (Lipinski definition) is 0. The zero-order chi connectivity index (χ0) is 45.8. The molecule has 63 heavy (non-hydrogen) atoms. The molecule has 0 radical (unpaired) electrons. The van der Waals surface area contributed by atoms with Gasteiger partial charge in [0.2, 0.25) is 0 Å². The summed E-state index contributed by atoms with van der Waals surface area (Å²) in [5.74, 6) is -0.881. The second-order valence-electron chi connectivity index (χ2n) is 18.5. The van der Waals surface area contributed by atoms with Crippen LogP contribution in [0, 0.1) is 0 Å². The summed E-state index contributed by atoms with van der Waals surface area (Å²) < 4.78 is 16.8. The number of allylic oxidation sites excluding steroid dienone is 6. The molecule has 0 N–H and O–H groups in total. The lowest BCUT2D eigenvalue weighted by atomic mass is 10.0. The number of carbonyl (C=O) groups excluding carboxylic acids is 3. The van der Waals surface area contributed by atoms with Gasteiger partial charge in [-0.3, -0.25) is 14.4 Å². The monoisotopic (exact) mass is 885 g/mol. The van der Waals surface area contributed by atoms with Crippen LogP contribution in [0.2, 0.25) is 0 Å². The largest absolute Gasteiger partial charge is 0.462 e. The minimum atomic E-state index is -0.775. The molecule has 368 valence electrons. The fraction of sp³-hybridized carbons (Fsp3) is 0.842. The van der Waals surface area contributed by atoms with E-state index in [2.05, 4.69) is 57.2 Å². The molecule has 0 rings (SSSR count). The number of carbonyl (C=O) groups is 3. The Balaban J connectivity index is 4.23. The SMILES string of the molecule is CC/C=C\C/C=C\C/C=C\CCCCCCCC(=O)OC(COC(=O)CCCCCCCCCCC)COC(=O)CCCCCCCCCCCCCCCCCCCCCCC. The van der Waals surface area contributed by atoms with Crippen molar-refractivity contribution in [3.05, 3.63) is 36.5 Å². The Kier molecular flexibility index (Phi) is 50.3. The van der Waals surface area contributed by atoms with Crippen molar-refractivity contribution in [3.63, 3.8) is 0 Å². The molecular formula is C57H104O6. The van der Waals surface area contributed by atoms with E-state index >= 15 is 0 Å². The quantitative estimate of drug-likeness (QED) is 0.0262. The first-order valence-electron chi connectivity index (χ1n) is 27.5. The Morgan fingerprint density at radius 3 is 0.968 bits per heavy atom. The number of hydrogen-bond acceptors (Lipinski definition) is 6. The van der Waals surface area contributed by atoms with Crippen LogP contribution in [0.4, 0.5) is 0 Å². The predicted molar refractivity (Wildman–Crippen MR) is 270 cm³/mol. The summed E-state index contributed by atoms with van der Waals surface area (Å²) in [6.07, 6.45) is 61.5. The van der Waals surface area contributed by atoms with Crippen LogP contribution < -0.4 is 0 Å². The first-order valence-corrected chi connectivity index (χ1v) is 27.5. The van der Waals surface area contributed by atoms with Crippen molar-refractivity contribution < 1.29 is 28.6 Å². The summed E-state index contributed by atoms with van der Waals surface area (Å²) >= 11 is 0. The molecule has 0 fully saturated rings. The summed E-state index contributed by atoms with van der Waals surface area (Å²) in [5.41, 5.74) is 0. The number of unbranched alkanes of at least 4 members (excludes halogenated alkanes) is 33. The molecule has 0 aromatic carbocycles. The van der Waals surface area contributed by atoms with Crippen molar-refractivity contribution in [3.8, 4) is 0 Å². The van der Waals surface area contributed by atoms with Crippen molar-refractivity contribution >= 4 is 17.9 Å². The Morgan fingerprint density at radius 1 is 0.333 bits per heavy atom. The maximum Gasteiger partial charge on any atom is 0.306 e. The number of ether oxygens (including phenoxy) is 3. The van der Waals surface area contributed by atoms with Gasteiger partial charge >= 0.3 is 17.9 Å². The maximum absolute atomic E-state index is 12.8. The van der Waals surface area contributed by atoms with Crippen molar-refractivity contribution in [1.29, 1.82) is 0 Å². The molecule has 0 saturated heterocycles. The summed E-state index contributed by atoms with van der Waals surface area (Å²) in [4.78, 5) is 37.9. The van der Waals surface area contributed by atoms with Crippen LogP contribution in [-0.2, 0) is 28.6 Å². The molecule has 0 aromatic rings. The Bertz CT molecular complexity index is 1060. The molecule has 0 heterocycles. The van der Waals surface area contributed by atoms with Gasteiger partial charge in [0.1, 0.15) is 13.2 Å². The van der Waals surface area contributed by atoms with E-state index in [1.54, 1.807) is 0 Å². The molecule has 6 heteroatoms. The van der Waals surface area contributed by atoms with Crippen LogP contribution in [0.15, 0.2) is 36.5 Å². The van der Waals surface area contributed by atoms with Crippen LogP contribution >= 0.6 is 0 Å². The van der Waals surface area contributed by atoms with E-state index in [1.807, 2.05) is 0 Å². The zero-order valence-electron chi connectivity index (χ0n) is 42.1. The highest BCUT2D eigenvalue weighted by molar-refractivity contribution is 5.71. The van der Waals surface area contributed by atoms with Crippen molar-refractivity contribution in [2.24, 2.45) is 0 Å². The Morgan fingerprint density at radius 2 is 0.619 bits per heavy atom. The third-order valence-corrected chi connectivity index (χ3v) is 12.2. The average Bonchev–Trinajstić information content (AvgIpc) is 3.28. The van der Waals surface area contributed by atoms with Crippen molar-refractivity contribution in [2.45, 2.75) is 297 Å². The smallest absolute Gasteiger partial charge is 0.306 e. The van der Waals surface area contributed by atoms with Gasteiger partial charge in [-0.05, 0) is 51.4 Å². The highest BCUT2D eigenvalue weighted by Crippen LogP contribution is 2.17. The molecule has 0 amide bonds.